The molecule has 1 N–H and O–H groups in total. The lowest BCUT2D eigenvalue weighted by atomic mass is 10.0. The molecule has 0 atom stereocenters. The molecule has 1 nitrogen and oxygen atoms in total. The molecular weight excluding hydrogens is 129 g/mol. The van der Waals surface area contributed by atoms with Crippen LogP contribution in [0.2, 0.25) is 0 Å². The van der Waals surface area contributed by atoms with E-state index in [4.69, 9.17) is 0 Å². The molecule has 0 radical (unpaired) electrons. The SMILES string of the molecule is CNCCC1(F)CCCC1. The number of hydrogen-bond donors (Lipinski definition) is 1. The van der Waals surface area contributed by atoms with E-state index in [9.17, 15) is 4.39 Å². The largest absolute Gasteiger partial charge is 0.320 e. The molecule has 0 amide bonds. The summed E-state index contributed by atoms with van der Waals surface area (Å²) in [5.74, 6) is 0. The Morgan fingerprint density at radius 2 is 2.00 bits per heavy atom. The Hall–Kier alpha value is -0.110. The van der Waals surface area contributed by atoms with Crippen LogP contribution < -0.4 is 5.32 Å². The molecule has 0 spiro atoms. The van der Waals surface area contributed by atoms with Crippen molar-refractivity contribution in [2.24, 2.45) is 0 Å². The van der Waals surface area contributed by atoms with Gasteiger partial charge in [0.25, 0.3) is 0 Å². The van der Waals surface area contributed by atoms with E-state index in [-0.39, 0.29) is 0 Å². The first kappa shape index (κ1) is 7.99. The summed E-state index contributed by atoms with van der Waals surface area (Å²) in [4.78, 5) is 0. The molecule has 1 saturated carbocycles. The van der Waals surface area contributed by atoms with Crippen molar-refractivity contribution in [2.45, 2.75) is 37.8 Å². The predicted octanol–water partition coefficient (Wildman–Crippen LogP) is 1.88. The van der Waals surface area contributed by atoms with Gasteiger partial charge in [-0.2, -0.15) is 0 Å². The Morgan fingerprint density at radius 3 is 2.50 bits per heavy atom. The highest BCUT2D eigenvalue weighted by atomic mass is 19.1. The molecule has 1 aliphatic rings. The van der Waals surface area contributed by atoms with E-state index < -0.39 is 5.67 Å². The van der Waals surface area contributed by atoms with Crippen molar-refractivity contribution < 1.29 is 4.39 Å². The van der Waals surface area contributed by atoms with Gasteiger partial charge in [-0.15, -0.1) is 0 Å². The lowest BCUT2D eigenvalue weighted by Crippen LogP contribution is -2.23. The van der Waals surface area contributed by atoms with Crippen molar-refractivity contribution in [3.63, 3.8) is 0 Å². The van der Waals surface area contributed by atoms with Crippen LogP contribution in [0.25, 0.3) is 0 Å². The molecule has 0 heterocycles. The third kappa shape index (κ3) is 1.94. The Labute approximate surface area is 62.0 Å². The maximum atomic E-state index is 13.5. The summed E-state index contributed by atoms with van der Waals surface area (Å²) in [5, 5.41) is 2.98. The molecule has 0 aromatic heterocycles. The van der Waals surface area contributed by atoms with Crippen molar-refractivity contribution >= 4 is 0 Å². The zero-order valence-electron chi connectivity index (χ0n) is 6.62. The maximum Gasteiger partial charge on any atom is 0.112 e. The summed E-state index contributed by atoms with van der Waals surface area (Å²) in [6.07, 6.45) is 4.44. The van der Waals surface area contributed by atoms with Gasteiger partial charge in [0.2, 0.25) is 0 Å². The minimum Gasteiger partial charge on any atom is -0.320 e. The quantitative estimate of drug-likeness (QED) is 0.639. The molecule has 1 aliphatic carbocycles. The lowest BCUT2D eigenvalue weighted by molar-refractivity contribution is 0.159. The van der Waals surface area contributed by atoms with Crippen LogP contribution in [0.5, 0.6) is 0 Å². The third-order valence-electron chi connectivity index (χ3n) is 2.32. The molecule has 0 aliphatic heterocycles. The van der Waals surface area contributed by atoms with Gasteiger partial charge in [0, 0.05) is 0 Å². The van der Waals surface area contributed by atoms with Crippen LogP contribution >= 0.6 is 0 Å². The number of nitrogens with one attached hydrogen (secondary N) is 1. The van der Waals surface area contributed by atoms with Crippen molar-refractivity contribution in [1.29, 1.82) is 0 Å². The molecule has 1 rings (SSSR count). The number of hydrogen-bond acceptors (Lipinski definition) is 1. The van der Waals surface area contributed by atoms with Crippen LogP contribution in [-0.4, -0.2) is 19.3 Å². The zero-order valence-corrected chi connectivity index (χ0v) is 6.62. The molecular formula is C8H16FN. The van der Waals surface area contributed by atoms with E-state index in [1.165, 1.54) is 0 Å². The average Bonchev–Trinajstić information content (AvgIpc) is 2.33. The molecule has 10 heavy (non-hydrogen) atoms. The average molecular weight is 145 g/mol. The van der Waals surface area contributed by atoms with Gasteiger partial charge in [-0.25, -0.2) is 4.39 Å². The first-order valence-corrected chi connectivity index (χ1v) is 4.10. The highest BCUT2D eigenvalue weighted by Crippen LogP contribution is 2.35. The van der Waals surface area contributed by atoms with Gasteiger partial charge in [0.05, 0.1) is 0 Å². The molecule has 60 valence electrons. The molecule has 2 heteroatoms. The zero-order chi connectivity index (χ0) is 7.45. The standard InChI is InChI=1S/C8H16FN/c1-10-7-6-8(9)4-2-3-5-8/h10H,2-7H2,1H3. The number of halogens is 1. The highest BCUT2D eigenvalue weighted by molar-refractivity contribution is 4.84. The Kier molecular flexibility index (Phi) is 2.66. The van der Waals surface area contributed by atoms with E-state index in [1.54, 1.807) is 0 Å². The van der Waals surface area contributed by atoms with E-state index in [2.05, 4.69) is 5.32 Å². The smallest absolute Gasteiger partial charge is 0.112 e. The van der Waals surface area contributed by atoms with Crippen molar-refractivity contribution in [3.8, 4) is 0 Å². The Morgan fingerprint density at radius 1 is 1.40 bits per heavy atom. The van der Waals surface area contributed by atoms with Crippen LogP contribution in [0.3, 0.4) is 0 Å². The van der Waals surface area contributed by atoms with Gasteiger partial charge in [0.15, 0.2) is 0 Å². The van der Waals surface area contributed by atoms with Gasteiger partial charge in [-0.05, 0) is 32.9 Å². The monoisotopic (exact) mass is 145 g/mol. The van der Waals surface area contributed by atoms with Crippen LogP contribution in [-0.2, 0) is 0 Å². The first-order valence-electron chi connectivity index (χ1n) is 4.10. The van der Waals surface area contributed by atoms with E-state index in [1.807, 2.05) is 7.05 Å². The second kappa shape index (κ2) is 3.33. The fourth-order valence-corrected chi connectivity index (χ4v) is 1.61. The molecule has 0 aromatic carbocycles. The van der Waals surface area contributed by atoms with Gasteiger partial charge in [0.1, 0.15) is 5.67 Å². The molecule has 1 fully saturated rings. The van der Waals surface area contributed by atoms with Crippen molar-refractivity contribution in [3.05, 3.63) is 0 Å². The van der Waals surface area contributed by atoms with Crippen LogP contribution in [0, 0.1) is 0 Å². The molecule has 0 unspecified atom stereocenters. The van der Waals surface area contributed by atoms with Crippen molar-refractivity contribution in [1.82, 2.24) is 5.32 Å². The summed E-state index contributed by atoms with van der Waals surface area (Å²) in [6.45, 7) is 0.816. The van der Waals surface area contributed by atoms with Crippen LogP contribution in [0.15, 0.2) is 0 Å². The molecule has 0 saturated heterocycles. The van der Waals surface area contributed by atoms with Gasteiger partial charge in [-0.1, -0.05) is 12.8 Å². The summed E-state index contributed by atoms with van der Waals surface area (Å²) < 4.78 is 13.5. The summed E-state index contributed by atoms with van der Waals surface area (Å²) in [5.41, 5.74) is -0.816. The van der Waals surface area contributed by atoms with E-state index in [0.29, 0.717) is 6.42 Å². The predicted molar refractivity (Wildman–Crippen MR) is 40.9 cm³/mol. The van der Waals surface area contributed by atoms with Gasteiger partial charge in [-0.3, -0.25) is 0 Å². The van der Waals surface area contributed by atoms with Gasteiger partial charge >= 0.3 is 0 Å². The normalized spacial score (nSPS) is 23.4. The molecule has 0 aromatic rings. The topological polar surface area (TPSA) is 12.0 Å². The second-order valence-corrected chi connectivity index (χ2v) is 3.21. The van der Waals surface area contributed by atoms with Crippen LogP contribution in [0.4, 0.5) is 4.39 Å². The fourth-order valence-electron chi connectivity index (χ4n) is 1.61. The van der Waals surface area contributed by atoms with Gasteiger partial charge < -0.3 is 5.32 Å². The third-order valence-corrected chi connectivity index (χ3v) is 2.32. The minimum absolute atomic E-state index is 0.698. The molecule has 0 bridgehead atoms. The summed E-state index contributed by atoms with van der Waals surface area (Å²) in [6, 6.07) is 0. The van der Waals surface area contributed by atoms with E-state index >= 15 is 0 Å². The Bertz CT molecular complexity index is 97.4. The lowest BCUT2D eigenvalue weighted by Gasteiger charge is -2.17. The van der Waals surface area contributed by atoms with Crippen molar-refractivity contribution in [2.75, 3.05) is 13.6 Å². The number of alkyl halides is 1. The Balaban J connectivity index is 2.22. The number of rotatable bonds is 3. The highest BCUT2D eigenvalue weighted by Gasteiger charge is 2.32. The minimum atomic E-state index is -0.816. The summed E-state index contributed by atoms with van der Waals surface area (Å²) >= 11 is 0. The maximum absolute atomic E-state index is 13.5. The van der Waals surface area contributed by atoms with E-state index in [0.717, 1.165) is 32.2 Å². The first-order chi connectivity index (χ1) is 4.77. The fraction of sp³-hybridized carbons (Fsp3) is 1.00. The summed E-state index contributed by atoms with van der Waals surface area (Å²) in [7, 11) is 1.87. The second-order valence-electron chi connectivity index (χ2n) is 3.21. The van der Waals surface area contributed by atoms with Crippen LogP contribution in [0.1, 0.15) is 32.1 Å².